The Hall–Kier alpha value is -0.770. The first-order valence-electron chi connectivity index (χ1n) is 6.45. The Morgan fingerprint density at radius 3 is 2.30 bits per heavy atom. The third kappa shape index (κ3) is 2.54. The number of amides is 1. The van der Waals surface area contributed by atoms with Gasteiger partial charge in [-0.2, -0.15) is 0 Å². The summed E-state index contributed by atoms with van der Waals surface area (Å²) in [6.45, 7) is 3.55. The summed E-state index contributed by atoms with van der Waals surface area (Å²) in [6.07, 6.45) is -2.97. The molecule has 8 heteroatoms. The van der Waals surface area contributed by atoms with E-state index in [1.165, 1.54) is 6.92 Å². The van der Waals surface area contributed by atoms with Crippen LogP contribution in [0.2, 0.25) is 0 Å². The molecule has 0 saturated carbocycles. The number of carbonyl (C=O) groups is 1. The van der Waals surface area contributed by atoms with Gasteiger partial charge >= 0.3 is 0 Å². The van der Waals surface area contributed by atoms with Crippen LogP contribution in [0, 0.1) is 0 Å². The van der Waals surface area contributed by atoms with Crippen molar-refractivity contribution in [3.05, 3.63) is 0 Å². The predicted molar refractivity (Wildman–Crippen MR) is 65.4 cm³/mol. The first-order chi connectivity index (χ1) is 9.24. The zero-order valence-corrected chi connectivity index (χ0v) is 11.7. The van der Waals surface area contributed by atoms with Crippen molar-refractivity contribution in [2.75, 3.05) is 13.2 Å². The number of hydrogen-bond acceptors (Lipinski definition) is 7. The topological polar surface area (TPSA) is 117 Å². The van der Waals surface area contributed by atoms with E-state index in [0.29, 0.717) is 0 Å². The number of aliphatic hydroxyl groups excluding tert-OH is 3. The highest BCUT2D eigenvalue weighted by molar-refractivity contribution is 5.73. The average Bonchev–Trinajstić information content (AvgIpc) is 2.68. The molecule has 0 spiro atoms. The van der Waals surface area contributed by atoms with Crippen molar-refractivity contribution in [1.82, 2.24) is 5.32 Å². The first kappa shape index (κ1) is 15.6. The van der Waals surface area contributed by atoms with Gasteiger partial charge in [0.1, 0.15) is 23.9 Å². The van der Waals surface area contributed by atoms with Crippen LogP contribution in [0.1, 0.15) is 20.8 Å². The van der Waals surface area contributed by atoms with E-state index >= 15 is 0 Å². The van der Waals surface area contributed by atoms with E-state index in [1.807, 2.05) is 0 Å². The van der Waals surface area contributed by atoms with E-state index in [1.54, 1.807) is 13.8 Å². The van der Waals surface area contributed by atoms with E-state index in [4.69, 9.17) is 14.2 Å². The number of aliphatic hydroxyl groups is 3. The van der Waals surface area contributed by atoms with Crippen LogP contribution >= 0.6 is 0 Å². The second-order valence-electron chi connectivity index (χ2n) is 5.64. The zero-order chi connectivity index (χ0) is 15.1. The van der Waals surface area contributed by atoms with Crippen molar-refractivity contribution in [1.29, 1.82) is 0 Å². The molecule has 1 amide bonds. The Morgan fingerprint density at radius 2 is 1.80 bits per heavy atom. The molecule has 4 N–H and O–H groups in total. The number of nitrogens with one attached hydrogen (secondary N) is 1. The molecule has 2 unspecified atom stereocenters. The molecule has 2 fully saturated rings. The number of fused-ring (bicyclic) bond motifs is 1. The Bertz CT molecular complexity index is 382. The summed E-state index contributed by atoms with van der Waals surface area (Å²) in [5.74, 6) is -1.33. The standard InChI is InChI=1S/C12H21NO7/c1-6(16)13-7-8-9(19-11(2,3)18-8)12(4-14,5-15)20-10(7)17/h7-10,14-15,17H,4-5H2,1-3H3,(H,13,16)/t7-,8?,9-,10?/m1/s1. The Balaban J connectivity index is 2.33. The number of hydrogen-bond donors (Lipinski definition) is 4. The molecule has 2 saturated heterocycles. The molecule has 0 bridgehead atoms. The average molecular weight is 291 g/mol. The lowest BCUT2D eigenvalue weighted by molar-refractivity contribution is -0.291. The van der Waals surface area contributed by atoms with Crippen LogP contribution in [-0.4, -0.2) is 70.4 Å². The maximum absolute atomic E-state index is 11.2. The van der Waals surface area contributed by atoms with Crippen molar-refractivity contribution in [2.45, 2.75) is 56.7 Å². The van der Waals surface area contributed by atoms with Crippen LogP contribution in [0.4, 0.5) is 0 Å². The van der Waals surface area contributed by atoms with Gasteiger partial charge in [-0.25, -0.2) is 0 Å². The smallest absolute Gasteiger partial charge is 0.217 e. The molecule has 8 nitrogen and oxygen atoms in total. The van der Waals surface area contributed by atoms with Crippen LogP contribution in [0.5, 0.6) is 0 Å². The Kier molecular flexibility index (Phi) is 4.07. The van der Waals surface area contributed by atoms with Crippen LogP contribution in [0.25, 0.3) is 0 Å². The van der Waals surface area contributed by atoms with Gasteiger partial charge in [0.05, 0.1) is 13.2 Å². The molecular formula is C12H21NO7. The second kappa shape index (κ2) is 5.21. The Labute approximate surface area is 116 Å². The van der Waals surface area contributed by atoms with Gasteiger partial charge in [0, 0.05) is 6.92 Å². The van der Waals surface area contributed by atoms with E-state index in [9.17, 15) is 20.1 Å². The van der Waals surface area contributed by atoms with E-state index < -0.39 is 49.1 Å². The zero-order valence-electron chi connectivity index (χ0n) is 11.7. The largest absolute Gasteiger partial charge is 0.393 e. The summed E-state index contributed by atoms with van der Waals surface area (Å²) in [7, 11) is 0. The van der Waals surface area contributed by atoms with Crippen molar-refractivity contribution in [3.8, 4) is 0 Å². The highest BCUT2D eigenvalue weighted by Gasteiger charge is 2.61. The van der Waals surface area contributed by atoms with Gasteiger partial charge in [-0.1, -0.05) is 0 Å². The molecule has 4 atom stereocenters. The van der Waals surface area contributed by atoms with Gasteiger partial charge in [0.25, 0.3) is 0 Å². The molecular weight excluding hydrogens is 270 g/mol. The molecule has 116 valence electrons. The van der Waals surface area contributed by atoms with Crippen molar-refractivity contribution >= 4 is 5.91 Å². The maximum Gasteiger partial charge on any atom is 0.217 e. The minimum Gasteiger partial charge on any atom is -0.393 e. The van der Waals surface area contributed by atoms with Crippen molar-refractivity contribution in [3.63, 3.8) is 0 Å². The molecule has 0 aromatic carbocycles. The quantitative estimate of drug-likeness (QED) is 0.479. The summed E-state index contributed by atoms with van der Waals surface area (Å²) >= 11 is 0. The van der Waals surface area contributed by atoms with E-state index in [2.05, 4.69) is 5.32 Å². The number of ether oxygens (including phenoxy) is 3. The summed E-state index contributed by atoms with van der Waals surface area (Å²) in [4.78, 5) is 11.2. The van der Waals surface area contributed by atoms with Gasteiger partial charge in [-0.3, -0.25) is 4.79 Å². The summed E-state index contributed by atoms with van der Waals surface area (Å²) in [5.41, 5.74) is -1.48. The van der Waals surface area contributed by atoms with Gasteiger partial charge in [-0.15, -0.1) is 0 Å². The highest BCUT2D eigenvalue weighted by Crippen LogP contribution is 2.41. The Morgan fingerprint density at radius 1 is 1.20 bits per heavy atom. The molecule has 0 aromatic heterocycles. The van der Waals surface area contributed by atoms with Crippen LogP contribution in [0.3, 0.4) is 0 Å². The minimum atomic E-state index is -1.48. The SMILES string of the molecule is CC(=O)N[C@H]1C(O)OC(CO)(CO)[C@@H]2OC(C)(C)OC12. The molecule has 0 aliphatic carbocycles. The van der Waals surface area contributed by atoms with Gasteiger partial charge < -0.3 is 34.8 Å². The molecule has 2 aliphatic heterocycles. The van der Waals surface area contributed by atoms with Crippen LogP contribution in [0.15, 0.2) is 0 Å². The van der Waals surface area contributed by atoms with Crippen LogP contribution < -0.4 is 5.32 Å². The van der Waals surface area contributed by atoms with E-state index in [-0.39, 0.29) is 5.91 Å². The molecule has 0 aromatic rings. The fraction of sp³-hybridized carbons (Fsp3) is 0.917. The van der Waals surface area contributed by atoms with Gasteiger partial charge in [0.2, 0.25) is 5.91 Å². The van der Waals surface area contributed by atoms with Gasteiger partial charge in [0.15, 0.2) is 12.1 Å². The fourth-order valence-electron chi connectivity index (χ4n) is 2.69. The highest BCUT2D eigenvalue weighted by atomic mass is 16.8. The third-order valence-electron chi connectivity index (χ3n) is 3.57. The summed E-state index contributed by atoms with van der Waals surface area (Å²) in [6, 6.07) is -0.842. The second-order valence-corrected chi connectivity index (χ2v) is 5.64. The third-order valence-corrected chi connectivity index (χ3v) is 3.57. The molecule has 2 heterocycles. The molecule has 2 rings (SSSR count). The monoisotopic (exact) mass is 291 g/mol. The van der Waals surface area contributed by atoms with E-state index in [0.717, 1.165) is 0 Å². The lowest BCUT2D eigenvalue weighted by Gasteiger charge is -2.46. The lowest BCUT2D eigenvalue weighted by Crippen LogP contribution is -2.69. The lowest BCUT2D eigenvalue weighted by atomic mass is 9.86. The van der Waals surface area contributed by atoms with Gasteiger partial charge in [-0.05, 0) is 13.8 Å². The fourth-order valence-corrected chi connectivity index (χ4v) is 2.69. The number of carbonyl (C=O) groups excluding carboxylic acids is 1. The minimum absolute atomic E-state index is 0.356. The van der Waals surface area contributed by atoms with Crippen molar-refractivity contribution < 1.29 is 34.3 Å². The summed E-state index contributed by atoms with van der Waals surface area (Å²) in [5, 5.41) is 31.6. The van der Waals surface area contributed by atoms with Crippen molar-refractivity contribution in [2.24, 2.45) is 0 Å². The summed E-state index contributed by atoms with van der Waals surface area (Å²) < 4.78 is 16.7. The molecule has 20 heavy (non-hydrogen) atoms. The number of rotatable bonds is 3. The molecule has 2 aliphatic rings. The van der Waals surface area contributed by atoms with Crippen LogP contribution in [-0.2, 0) is 19.0 Å². The maximum atomic E-state index is 11.2. The predicted octanol–water partition coefficient (Wildman–Crippen LogP) is -1.92. The molecule has 0 radical (unpaired) electrons. The first-order valence-corrected chi connectivity index (χ1v) is 6.45. The normalized spacial score (nSPS) is 38.3.